The Morgan fingerprint density at radius 3 is 0.679 bits per heavy atom. The predicted octanol–water partition coefficient (Wildman–Crippen LogP) is 7.32. The molecule has 28 heavy (non-hydrogen) atoms. The number of unbranched alkanes of at least 4 members (excludes halogenated alkanes) is 1. The van der Waals surface area contributed by atoms with E-state index in [4.69, 9.17) is 16.5 Å². The van der Waals surface area contributed by atoms with Crippen molar-refractivity contribution >= 4 is 50.4 Å². The lowest BCUT2D eigenvalue weighted by Gasteiger charge is -2.40. The van der Waals surface area contributed by atoms with Crippen molar-refractivity contribution in [3.05, 3.63) is 0 Å². The van der Waals surface area contributed by atoms with Crippen LogP contribution in [0, 0.1) is 0 Å². The molecule has 0 atom stereocenters. The summed E-state index contributed by atoms with van der Waals surface area (Å²) in [5.74, 6) is 0. The standard InChI is InChI=1S/C18H50O4Si6/c1-23(2,3)19-27(13,20-24(4,5)6)17-15-16-18-28(14,21-25(7,8)9)22-26(10,11)12/h15-18H2,1-14H3. The van der Waals surface area contributed by atoms with Crippen LogP contribution < -0.4 is 0 Å². The summed E-state index contributed by atoms with van der Waals surface area (Å²) >= 11 is 0. The molecule has 0 aliphatic heterocycles. The Kier molecular flexibility index (Phi) is 10.6. The Labute approximate surface area is 183 Å². The molecular weight excluding hydrogens is 449 g/mol. The van der Waals surface area contributed by atoms with Gasteiger partial charge in [-0.2, -0.15) is 0 Å². The van der Waals surface area contributed by atoms with Gasteiger partial charge in [0.25, 0.3) is 0 Å². The zero-order valence-electron chi connectivity index (χ0n) is 21.5. The SMILES string of the molecule is C[Si](C)(C)O[Si](C)(CCCC[Si](C)(O[Si](C)(C)C)O[Si](C)(C)C)O[Si](C)(C)C. The minimum absolute atomic E-state index is 1.08. The van der Waals surface area contributed by atoms with E-state index >= 15 is 0 Å². The highest BCUT2D eigenvalue weighted by atomic mass is 28.5. The van der Waals surface area contributed by atoms with Gasteiger partial charge in [0.15, 0.2) is 33.3 Å². The Morgan fingerprint density at radius 2 is 0.536 bits per heavy atom. The molecule has 0 aliphatic rings. The van der Waals surface area contributed by atoms with E-state index in [2.05, 4.69) is 91.7 Å². The van der Waals surface area contributed by atoms with Gasteiger partial charge in [-0.3, -0.25) is 0 Å². The minimum Gasteiger partial charge on any atom is -0.437 e. The molecule has 4 nitrogen and oxygen atoms in total. The van der Waals surface area contributed by atoms with Gasteiger partial charge in [-0.05, 0) is 104 Å². The first-order valence-electron chi connectivity index (χ1n) is 10.8. The molecule has 0 bridgehead atoms. The minimum atomic E-state index is -2.14. The van der Waals surface area contributed by atoms with E-state index in [1.807, 2.05) is 0 Å². The lowest BCUT2D eigenvalue weighted by molar-refractivity contribution is 0.371. The van der Waals surface area contributed by atoms with Crippen LogP contribution in [0.3, 0.4) is 0 Å². The third-order valence-electron chi connectivity index (χ3n) is 3.60. The molecule has 0 saturated heterocycles. The van der Waals surface area contributed by atoms with Crippen LogP contribution in [-0.2, 0) is 16.5 Å². The van der Waals surface area contributed by atoms with Crippen molar-refractivity contribution in [2.75, 3.05) is 0 Å². The lowest BCUT2D eigenvalue weighted by Crippen LogP contribution is -2.53. The van der Waals surface area contributed by atoms with Gasteiger partial charge in [0, 0.05) is 0 Å². The van der Waals surface area contributed by atoms with E-state index < -0.39 is 50.4 Å². The van der Waals surface area contributed by atoms with E-state index in [0.717, 1.165) is 24.9 Å². The van der Waals surface area contributed by atoms with Crippen LogP contribution in [-0.4, -0.2) is 50.4 Å². The molecule has 0 aromatic carbocycles. The van der Waals surface area contributed by atoms with Gasteiger partial charge in [0.1, 0.15) is 0 Å². The van der Waals surface area contributed by atoms with Crippen LogP contribution in [0.2, 0.25) is 104 Å². The fourth-order valence-corrected chi connectivity index (χ4v) is 29.0. The summed E-state index contributed by atoms with van der Waals surface area (Å²) in [5.41, 5.74) is 0. The average molecular weight is 499 g/mol. The number of hydrogen-bond acceptors (Lipinski definition) is 4. The van der Waals surface area contributed by atoms with Crippen molar-refractivity contribution < 1.29 is 16.5 Å². The average Bonchev–Trinajstić information content (AvgIpc) is 2.24. The molecule has 0 fully saturated rings. The first-order chi connectivity index (χ1) is 12.0. The molecule has 0 heterocycles. The van der Waals surface area contributed by atoms with Crippen LogP contribution >= 0.6 is 0 Å². The second-order valence-electron chi connectivity index (χ2n) is 12.3. The Morgan fingerprint density at radius 1 is 0.357 bits per heavy atom. The molecule has 0 radical (unpaired) electrons. The van der Waals surface area contributed by atoms with Crippen LogP contribution in [0.4, 0.5) is 0 Å². The molecular formula is C18H50O4Si6. The summed E-state index contributed by atoms with van der Waals surface area (Å²) in [6, 6.07) is 2.15. The highest BCUT2D eigenvalue weighted by Crippen LogP contribution is 2.30. The number of rotatable bonds is 13. The van der Waals surface area contributed by atoms with Crippen molar-refractivity contribution in [1.29, 1.82) is 0 Å². The molecule has 170 valence electrons. The van der Waals surface area contributed by atoms with Gasteiger partial charge >= 0.3 is 17.1 Å². The molecule has 0 N–H and O–H groups in total. The second-order valence-corrected chi connectivity index (χ2v) is 38.0. The van der Waals surface area contributed by atoms with Crippen molar-refractivity contribution in [2.24, 2.45) is 0 Å². The maximum atomic E-state index is 6.65. The van der Waals surface area contributed by atoms with E-state index in [9.17, 15) is 0 Å². The molecule has 10 heteroatoms. The highest BCUT2D eigenvalue weighted by molar-refractivity contribution is 6.88. The fraction of sp³-hybridized carbons (Fsp3) is 1.00. The van der Waals surface area contributed by atoms with E-state index in [1.165, 1.54) is 0 Å². The largest absolute Gasteiger partial charge is 0.437 e. The zero-order valence-corrected chi connectivity index (χ0v) is 27.5. The highest BCUT2D eigenvalue weighted by Gasteiger charge is 2.42. The van der Waals surface area contributed by atoms with Crippen molar-refractivity contribution in [3.8, 4) is 0 Å². The van der Waals surface area contributed by atoms with Gasteiger partial charge in [-0.15, -0.1) is 0 Å². The summed E-state index contributed by atoms with van der Waals surface area (Å²) in [5, 5.41) is 0. The molecule has 0 aromatic heterocycles. The van der Waals surface area contributed by atoms with E-state index in [-0.39, 0.29) is 0 Å². The van der Waals surface area contributed by atoms with Gasteiger partial charge in [0.05, 0.1) is 0 Å². The van der Waals surface area contributed by atoms with Crippen molar-refractivity contribution in [1.82, 2.24) is 0 Å². The van der Waals surface area contributed by atoms with Crippen LogP contribution in [0.5, 0.6) is 0 Å². The predicted molar refractivity (Wildman–Crippen MR) is 140 cm³/mol. The Bertz CT molecular complexity index is 398. The second kappa shape index (κ2) is 10.2. The van der Waals surface area contributed by atoms with E-state index in [1.54, 1.807) is 0 Å². The molecule has 0 unspecified atom stereocenters. The smallest absolute Gasteiger partial charge is 0.314 e. The topological polar surface area (TPSA) is 36.9 Å². The lowest BCUT2D eigenvalue weighted by atomic mass is 10.4. The summed E-state index contributed by atoms with van der Waals surface area (Å²) in [6.07, 6.45) is 2.29. The third-order valence-corrected chi connectivity index (χ3v) is 22.8. The molecule has 0 rings (SSSR count). The molecule has 0 aromatic rings. The molecule has 0 spiro atoms. The maximum Gasteiger partial charge on any atom is 0.314 e. The third kappa shape index (κ3) is 15.9. The van der Waals surface area contributed by atoms with Crippen molar-refractivity contribution in [3.63, 3.8) is 0 Å². The molecule has 0 saturated carbocycles. The molecule has 0 aliphatic carbocycles. The van der Waals surface area contributed by atoms with Crippen LogP contribution in [0.1, 0.15) is 12.8 Å². The normalized spacial score (nSPS) is 15.2. The summed E-state index contributed by atoms with van der Waals surface area (Å²) < 4.78 is 26.6. The van der Waals surface area contributed by atoms with Crippen molar-refractivity contribution in [2.45, 2.75) is 117 Å². The summed E-state index contributed by atoms with van der Waals surface area (Å²) in [4.78, 5) is 0. The maximum absolute atomic E-state index is 6.65. The van der Waals surface area contributed by atoms with Gasteiger partial charge in [-0.25, -0.2) is 0 Å². The van der Waals surface area contributed by atoms with Crippen LogP contribution in [0.25, 0.3) is 0 Å². The van der Waals surface area contributed by atoms with Gasteiger partial charge < -0.3 is 16.5 Å². The van der Waals surface area contributed by atoms with E-state index in [0.29, 0.717) is 0 Å². The number of hydrogen-bond donors (Lipinski definition) is 0. The monoisotopic (exact) mass is 498 g/mol. The Balaban J connectivity index is 5.04. The first kappa shape index (κ1) is 29.1. The summed E-state index contributed by atoms with van der Waals surface area (Å²) in [7, 11) is -10.8. The van der Waals surface area contributed by atoms with Crippen LogP contribution in [0.15, 0.2) is 0 Å². The fourth-order valence-electron chi connectivity index (χ4n) is 3.73. The first-order valence-corrected chi connectivity index (χ1v) is 29.5. The van der Waals surface area contributed by atoms with Gasteiger partial charge in [-0.1, -0.05) is 12.8 Å². The van der Waals surface area contributed by atoms with Gasteiger partial charge in [0.2, 0.25) is 0 Å². The Hall–Kier alpha value is 1.14. The summed E-state index contributed by atoms with van der Waals surface area (Å²) in [6.45, 7) is 31.9. The zero-order chi connectivity index (χ0) is 22.7. The molecule has 0 amide bonds. The quantitative estimate of drug-likeness (QED) is 0.197.